The molecule has 0 fully saturated rings. The average molecular weight is 381 g/mol. The zero-order valence-corrected chi connectivity index (χ0v) is 15.6. The summed E-state index contributed by atoms with van der Waals surface area (Å²) in [5, 5.41) is 2.77. The normalized spacial score (nSPS) is 12.7. The van der Waals surface area contributed by atoms with Crippen molar-refractivity contribution >= 4 is 5.91 Å². The zero-order valence-electron chi connectivity index (χ0n) is 15.6. The fourth-order valence-corrected chi connectivity index (χ4v) is 2.67. The van der Waals surface area contributed by atoms with E-state index in [0.717, 1.165) is 23.4 Å². The number of pyridine rings is 1. The van der Waals surface area contributed by atoms with Gasteiger partial charge in [0, 0.05) is 6.54 Å². The van der Waals surface area contributed by atoms with Gasteiger partial charge in [0.1, 0.15) is 11.4 Å². The number of amides is 1. The number of halogens is 3. The maximum absolute atomic E-state index is 12.7. The number of likely N-dealkylation sites (N-methyl/N-ethyl adjacent to an activating group) is 1. The van der Waals surface area contributed by atoms with Crippen molar-refractivity contribution < 1.29 is 22.7 Å². The number of rotatable bonds is 6. The molecule has 5 nitrogen and oxygen atoms in total. The van der Waals surface area contributed by atoms with Crippen molar-refractivity contribution in [1.29, 1.82) is 0 Å². The van der Waals surface area contributed by atoms with Crippen molar-refractivity contribution in [2.24, 2.45) is 0 Å². The average Bonchev–Trinajstić information content (AvgIpc) is 2.61. The number of aryl methyl sites for hydroxylation is 1. The van der Waals surface area contributed by atoms with E-state index in [9.17, 15) is 18.0 Å². The molecule has 27 heavy (non-hydrogen) atoms. The number of aromatic nitrogens is 1. The number of benzene rings is 1. The Hall–Kier alpha value is -2.61. The summed E-state index contributed by atoms with van der Waals surface area (Å²) in [7, 11) is 5.34. The highest BCUT2D eigenvalue weighted by molar-refractivity contribution is 5.95. The van der Waals surface area contributed by atoms with Gasteiger partial charge < -0.3 is 15.0 Å². The Kier molecular flexibility index (Phi) is 6.43. The van der Waals surface area contributed by atoms with Gasteiger partial charge in [0.05, 0.1) is 24.4 Å². The lowest BCUT2D eigenvalue weighted by Gasteiger charge is -2.25. The molecule has 0 saturated heterocycles. The van der Waals surface area contributed by atoms with E-state index in [-0.39, 0.29) is 17.3 Å². The van der Waals surface area contributed by atoms with E-state index in [1.54, 1.807) is 7.11 Å². The molecule has 1 amide bonds. The molecule has 1 unspecified atom stereocenters. The van der Waals surface area contributed by atoms with Crippen LogP contribution in [-0.2, 0) is 6.18 Å². The predicted molar refractivity (Wildman–Crippen MR) is 95.7 cm³/mol. The van der Waals surface area contributed by atoms with E-state index in [1.807, 2.05) is 43.3 Å². The molecule has 1 heterocycles. The van der Waals surface area contributed by atoms with Crippen molar-refractivity contribution in [3.05, 3.63) is 58.9 Å². The quantitative estimate of drug-likeness (QED) is 0.833. The van der Waals surface area contributed by atoms with Gasteiger partial charge in [-0.1, -0.05) is 12.1 Å². The summed E-state index contributed by atoms with van der Waals surface area (Å²) in [6.07, 6.45) is -4.54. The molecule has 2 aromatic rings. The van der Waals surface area contributed by atoms with Gasteiger partial charge in [-0.05, 0) is 50.8 Å². The molecule has 0 saturated carbocycles. The number of alkyl halides is 3. The number of hydrogen-bond acceptors (Lipinski definition) is 4. The molecule has 1 aromatic heterocycles. The monoisotopic (exact) mass is 381 g/mol. The summed E-state index contributed by atoms with van der Waals surface area (Å²) in [4.78, 5) is 17.9. The smallest absolute Gasteiger partial charge is 0.433 e. The zero-order chi connectivity index (χ0) is 20.2. The van der Waals surface area contributed by atoms with Crippen LogP contribution in [-0.4, -0.2) is 43.5 Å². The van der Waals surface area contributed by atoms with Gasteiger partial charge in [-0.2, -0.15) is 13.2 Å². The second kappa shape index (κ2) is 8.39. The maximum atomic E-state index is 12.7. The summed E-state index contributed by atoms with van der Waals surface area (Å²) in [5.41, 5.74) is 0.118. The first-order valence-corrected chi connectivity index (χ1v) is 8.27. The molecule has 1 aromatic carbocycles. The van der Waals surface area contributed by atoms with E-state index < -0.39 is 17.8 Å². The molecule has 1 atom stereocenters. The van der Waals surface area contributed by atoms with E-state index in [1.165, 1.54) is 6.92 Å². The van der Waals surface area contributed by atoms with Crippen LogP contribution in [0.1, 0.15) is 33.4 Å². The van der Waals surface area contributed by atoms with Crippen LogP contribution in [0.3, 0.4) is 0 Å². The lowest BCUT2D eigenvalue weighted by molar-refractivity contribution is -0.141. The van der Waals surface area contributed by atoms with Crippen molar-refractivity contribution in [3.8, 4) is 5.75 Å². The highest BCUT2D eigenvalue weighted by Gasteiger charge is 2.33. The SMILES string of the molecule is COc1ccc(C(CNC(=O)c2ccc(C(F)(F)F)nc2C)N(C)C)cc1. The Morgan fingerprint density at radius 2 is 1.81 bits per heavy atom. The second-order valence-electron chi connectivity index (χ2n) is 6.29. The van der Waals surface area contributed by atoms with E-state index in [4.69, 9.17) is 4.74 Å². The van der Waals surface area contributed by atoms with E-state index in [2.05, 4.69) is 10.3 Å². The number of carbonyl (C=O) groups excluding carboxylic acids is 1. The number of ether oxygens (including phenoxy) is 1. The fourth-order valence-electron chi connectivity index (χ4n) is 2.67. The Morgan fingerprint density at radius 1 is 1.19 bits per heavy atom. The standard InChI is InChI=1S/C19H22F3N3O2/c1-12-15(9-10-17(24-12)19(20,21)22)18(26)23-11-16(25(2)3)13-5-7-14(27-4)8-6-13/h5-10,16H,11H2,1-4H3,(H,23,26). The molecule has 0 aliphatic heterocycles. The molecule has 0 aliphatic carbocycles. The summed E-state index contributed by atoms with van der Waals surface area (Å²) in [5.74, 6) is 0.265. The molecule has 146 valence electrons. The van der Waals surface area contributed by atoms with Crippen molar-refractivity contribution in [3.63, 3.8) is 0 Å². The minimum Gasteiger partial charge on any atom is -0.497 e. The van der Waals surface area contributed by atoms with Gasteiger partial charge in [-0.15, -0.1) is 0 Å². The molecular formula is C19H22F3N3O2. The van der Waals surface area contributed by atoms with Crippen LogP contribution in [0.5, 0.6) is 5.75 Å². The van der Waals surface area contributed by atoms with Crippen LogP contribution in [0.15, 0.2) is 36.4 Å². The Morgan fingerprint density at radius 3 is 2.30 bits per heavy atom. The summed E-state index contributed by atoms with van der Waals surface area (Å²) < 4.78 is 43.3. The third-order valence-corrected chi connectivity index (χ3v) is 4.20. The van der Waals surface area contributed by atoms with E-state index >= 15 is 0 Å². The highest BCUT2D eigenvalue weighted by atomic mass is 19.4. The van der Waals surface area contributed by atoms with Crippen LogP contribution >= 0.6 is 0 Å². The van der Waals surface area contributed by atoms with Crippen LogP contribution in [0.25, 0.3) is 0 Å². The third kappa shape index (κ3) is 5.19. The molecular weight excluding hydrogens is 359 g/mol. The minimum absolute atomic E-state index is 0.0353. The van der Waals surface area contributed by atoms with Gasteiger partial charge in [-0.3, -0.25) is 4.79 Å². The molecule has 0 aliphatic rings. The number of nitrogens with one attached hydrogen (secondary N) is 1. The predicted octanol–water partition coefficient (Wildman–Crippen LogP) is 3.45. The summed E-state index contributed by atoms with van der Waals surface area (Å²) >= 11 is 0. The molecule has 1 N–H and O–H groups in total. The van der Waals surface area contributed by atoms with Crippen molar-refractivity contribution in [2.75, 3.05) is 27.7 Å². The van der Waals surface area contributed by atoms with Gasteiger partial charge in [0.15, 0.2) is 0 Å². The largest absolute Gasteiger partial charge is 0.497 e. The first-order valence-electron chi connectivity index (χ1n) is 8.27. The number of methoxy groups -OCH3 is 1. The van der Waals surface area contributed by atoms with Crippen LogP contribution in [0, 0.1) is 6.92 Å². The Bertz CT molecular complexity index is 790. The van der Waals surface area contributed by atoms with Gasteiger partial charge in [0.25, 0.3) is 5.91 Å². The topological polar surface area (TPSA) is 54.5 Å². The molecule has 2 rings (SSSR count). The lowest BCUT2D eigenvalue weighted by Crippen LogP contribution is -2.35. The number of hydrogen-bond donors (Lipinski definition) is 1. The van der Waals surface area contributed by atoms with Gasteiger partial charge in [-0.25, -0.2) is 4.98 Å². The first kappa shape index (κ1) is 20.7. The third-order valence-electron chi connectivity index (χ3n) is 4.20. The summed E-state index contributed by atoms with van der Waals surface area (Å²) in [6, 6.07) is 9.33. The Labute approximate surface area is 156 Å². The minimum atomic E-state index is -4.54. The van der Waals surface area contributed by atoms with Crippen LogP contribution in [0.2, 0.25) is 0 Å². The first-order chi connectivity index (χ1) is 12.6. The van der Waals surface area contributed by atoms with Crippen LogP contribution in [0.4, 0.5) is 13.2 Å². The van der Waals surface area contributed by atoms with Crippen molar-refractivity contribution in [1.82, 2.24) is 15.2 Å². The molecule has 8 heteroatoms. The highest BCUT2D eigenvalue weighted by Crippen LogP contribution is 2.28. The number of nitrogens with zero attached hydrogens (tertiary/aromatic N) is 2. The molecule has 0 radical (unpaired) electrons. The number of carbonyl (C=O) groups is 1. The van der Waals surface area contributed by atoms with E-state index in [0.29, 0.717) is 6.54 Å². The van der Waals surface area contributed by atoms with Gasteiger partial charge in [0.2, 0.25) is 0 Å². The van der Waals surface area contributed by atoms with Crippen molar-refractivity contribution in [2.45, 2.75) is 19.1 Å². The molecule has 0 spiro atoms. The van der Waals surface area contributed by atoms with Gasteiger partial charge >= 0.3 is 6.18 Å². The fraction of sp³-hybridized carbons (Fsp3) is 0.368. The second-order valence-corrected chi connectivity index (χ2v) is 6.29. The Balaban J connectivity index is 2.11. The lowest BCUT2D eigenvalue weighted by atomic mass is 10.1. The summed E-state index contributed by atoms with van der Waals surface area (Å²) in [6.45, 7) is 1.68. The van der Waals surface area contributed by atoms with Crippen LogP contribution < -0.4 is 10.1 Å². The maximum Gasteiger partial charge on any atom is 0.433 e. The molecule has 0 bridgehead atoms.